The van der Waals surface area contributed by atoms with Gasteiger partial charge in [-0.1, -0.05) is 40.2 Å². The molecular weight excluding hydrogens is 477 g/mol. The van der Waals surface area contributed by atoms with E-state index < -0.39 is 0 Å². The van der Waals surface area contributed by atoms with Crippen molar-refractivity contribution < 1.29 is 0 Å². The molecule has 4 rings (SSSR count). The molecule has 0 spiro atoms. The molecule has 1 aliphatic heterocycles. The summed E-state index contributed by atoms with van der Waals surface area (Å²) in [5, 5.41) is 8.61. The molecule has 0 aliphatic carbocycles. The second kappa shape index (κ2) is 6.88. The van der Waals surface area contributed by atoms with E-state index >= 15 is 0 Å². The van der Waals surface area contributed by atoms with E-state index in [4.69, 9.17) is 5.10 Å². The minimum absolute atomic E-state index is 0.998. The third-order valence-corrected chi connectivity index (χ3v) is 5.75. The van der Waals surface area contributed by atoms with E-state index in [1.54, 1.807) is 0 Å². The molecule has 3 nitrogen and oxygen atoms in total. The van der Waals surface area contributed by atoms with Crippen molar-refractivity contribution in [2.24, 2.45) is 0 Å². The van der Waals surface area contributed by atoms with Gasteiger partial charge in [-0.25, -0.2) is 4.68 Å². The zero-order valence-corrected chi connectivity index (χ0v) is 16.8. The Hall–Kier alpha value is -1.34. The van der Waals surface area contributed by atoms with Crippen LogP contribution in [0.1, 0.15) is 18.4 Å². The predicted molar refractivity (Wildman–Crippen MR) is 111 cm³/mol. The molecule has 0 atom stereocenters. The lowest BCUT2D eigenvalue weighted by Gasteiger charge is -2.09. The average Bonchev–Trinajstić information content (AvgIpc) is 2.77. The van der Waals surface area contributed by atoms with Crippen molar-refractivity contribution in [3.63, 3.8) is 0 Å². The number of aromatic nitrogens is 2. The molecule has 0 bridgehead atoms. The number of hydrogen-bond donors (Lipinski definition) is 1. The summed E-state index contributed by atoms with van der Waals surface area (Å²) in [4.78, 5) is 0. The van der Waals surface area contributed by atoms with E-state index in [9.17, 15) is 0 Å². The van der Waals surface area contributed by atoms with Crippen LogP contribution in [0, 0.1) is 3.57 Å². The normalized spacial score (nSPS) is 13.9. The molecule has 122 valence electrons. The highest BCUT2D eigenvalue weighted by Crippen LogP contribution is 2.36. The van der Waals surface area contributed by atoms with E-state index in [0.29, 0.717) is 0 Å². The highest BCUT2D eigenvalue weighted by Gasteiger charge is 2.22. The first-order valence-corrected chi connectivity index (χ1v) is 9.98. The van der Waals surface area contributed by atoms with E-state index in [0.717, 1.165) is 34.6 Å². The molecule has 24 heavy (non-hydrogen) atoms. The van der Waals surface area contributed by atoms with Crippen LogP contribution >= 0.6 is 38.5 Å². The third-order valence-electron chi connectivity index (χ3n) is 4.31. The average molecular weight is 494 g/mol. The van der Waals surface area contributed by atoms with Crippen molar-refractivity contribution in [1.29, 1.82) is 0 Å². The molecule has 0 amide bonds. The fraction of sp³-hybridized carbons (Fsp3) is 0.211. The number of benzene rings is 2. The molecule has 2 aromatic carbocycles. The van der Waals surface area contributed by atoms with E-state index in [2.05, 4.69) is 91.0 Å². The summed E-state index contributed by atoms with van der Waals surface area (Å²) in [5.41, 5.74) is 4.72. The number of hydrogen-bond acceptors (Lipinski definition) is 2. The zero-order valence-electron chi connectivity index (χ0n) is 13.1. The maximum absolute atomic E-state index is 5.00. The highest BCUT2D eigenvalue weighted by molar-refractivity contribution is 14.1. The Morgan fingerprint density at radius 1 is 1.08 bits per heavy atom. The Morgan fingerprint density at radius 2 is 1.96 bits per heavy atom. The Morgan fingerprint density at radius 3 is 2.79 bits per heavy atom. The zero-order chi connectivity index (χ0) is 16.5. The summed E-state index contributed by atoms with van der Waals surface area (Å²) in [6.07, 6.45) is 3.45. The van der Waals surface area contributed by atoms with Gasteiger partial charge in [0.25, 0.3) is 0 Å². The molecule has 0 saturated carbocycles. The smallest absolute Gasteiger partial charge is 0.133 e. The fourth-order valence-electron chi connectivity index (χ4n) is 3.17. The van der Waals surface area contributed by atoms with E-state index in [1.165, 1.54) is 27.5 Å². The molecule has 1 N–H and O–H groups in total. The number of nitrogens with zero attached hydrogens (tertiary/aromatic N) is 2. The second-order valence-corrected chi connectivity index (χ2v) is 8.01. The molecule has 0 radical (unpaired) electrons. The van der Waals surface area contributed by atoms with Crippen molar-refractivity contribution in [1.82, 2.24) is 9.78 Å². The molecule has 0 saturated heterocycles. The molecular formula is C19H17BrIN3. The summed E-state index contributed by atoms with van der Waals surface area (Å²) < 4.78 is 4.36. The summed E-state index contributed by atoms with van der Waals surface area (Å²) in [6.45, 7) is 0.998. The lowest BCUT2D eigenvalue weighted by Crippen LogP contribution is -2.07. The molecule has 1 aromatic heterocycles. The van der Waals surface area contributed by atoms with Crippen molar-refractivity contribution in [3.05, 3.63) is 62.1 Å². The van der Waals surface area contributed by atoms with Crippen LogP contribution in [0.2, 0.25) is 0 Å². The van der Waals surface area contributed by atoms with Gasteiger partial charge in [0.05, 0.1) is 11.4 Å². The summed E-state index contributed by atoms with van der Waals surface area (Å²) >= 11 is 5.97. The van der Waals surface area contributed by atoms with Crippen LogP contribution in [0.25, 0.3) is 16.9 Å². The first-order valence-electron chi connectivity index (χ1n) is 8.10. The Balaban J connectivity index is 1.94. The van der Waals surface area contributed by atoms with E-state index in [-0.39, 0.29) is 0 Å². The van der Waals surface area contributed by atoms with Crippen molar-refractivity contribution in [2.45, 2.75) is 19.3 Å². The maximum atomic E-state index is 5.00. The second-order valence-electron chi connectivity index (χ2n) is 5.93. The largest absolute Gasteiger partial charge is 0.370 e. The summed E-state index contributed by atoms with van der Waals surface area (Å²) in [6, 6.07) is 16.8. The number of anilines is 1. The van der Waals surface area contributed by atoms with Crippen LogP contribution in [0.5, 0.6) is 0 Å². The Labute approximate surface area is 163 Å². The van der Waals surface area contributed by atoms with Crippen molar-refractivity contribution >= 4 is 44.3 Å². The van der Waals surface area contributed by atoms with E-state index in [1.807, 2.05) is 6.07 Å². The van der Waals surface area contributed by atoms with Crippen LogP contribution in [0.4, 0.5) is 5.82 Å². The van der Waals surface area contributed by atoms with Gasteiger partial charge in [-0.15, -0.1) is 0 Å². The van der Waals surface area contributed by atoms with Gasteiger partial charge in [-0.05, 0) is 66.1 Å². The molecule has 0 fully saturated rings. The summed E-state index contributed by atoms with van der Waals surface area (Å²) in [7, 11) is 0. The predicted octanol–water partition coefficient (Wildman–Crippen LogP) is 5.65. The van der Waals surface area contributed by atoms with Crippen molar-refractivity contribution in [2.75, 3.05) is 11.9 Å². The fourth-order valence-corrected chi connectivity index (χ4v) is 4.20. The van der Waals surface area contributed by atoms with Crippen molar-refractivity contribution in [3.8, 4) is 16.9 Å². The van der Waals surface area contributed by atoms with Gasteiger partial charge in [0.15, 0.2) is 0 Å². The van der Waals surface area contributed by atoms with Gasteiger partial charge in [0.2, 0.25) is 0 Å². The SMILES string of the molecule is Brc1cccc(-n2nc(-c3ccccc3I)c3c2NCCCC3)c1. The first-order chi connectivity index (χ1) is 11.7. The van der Waals surface area contributed by atoms with Gasteiger partial charge in [0.1, 0.15) is 5.82 Å². The van der Waals surface area contributed by atoms with Crippen LogP contribution in [-0.2, 0) is 6.42 Å². The van der Waals surface area contributed by atoms with Gasteiger partial charge in [-0.3, -0.25) is 0 Å². The van der Waals surface area contributed by atoms with Gasteiger partial charge < -0.3 is 5.32 Å². The van der Waals surface area contributed by atoms with Crippen LogP contribution in [0.3, 0.4) is 0 Å². The lowest BCUT2D eigenvalue weighted by molar-refractivity contribution is 0.780. The van der Waals surface area contributed by atoms with Gasteiger partial charge in [-0.2, -0.15) is 5.10 Å². The summed E-state index contributed by atoms with van der Waals surface area (Å²) in [5.74, 6) is 1.14. The molecule has 0 unspecified atom stereocenters. The Bertz CT molecular complexity index is 888. The first kappa shape index (κ1) is 16.1. The highest BCUT2D eigenvalue weighted by atomic mass is 127. The number of fused-ring (bicyclic) bond motifs is 1. The number of nitrogens with one attached hydrogen (secondary N) is 1. The maximum Gasteiger partial charge on any atom is 0.133 e. The lowest BCUT2D eigenvalue weighted by atomic mass is 10.0. The van der Waals surface area contributed by atoms with Gasteiger partial charge >= 0.3 is 0 Å². The number of rotatable bonds is 2. The standard InChI is InChI=1S/C19H17BrIN3/c20-13-6-5-7-14(12-13)24-19-16(9-3-4-11-22-19)18(23-24)15-8-1-2-10-17(15)21/h1-2,5-8,10,12,22H,3-4,9,11H2. The monoisotopic (exact) mass is 493 g/mol. The quantitative estimate of drug-likeness (QED) is 0.467. The molecule has 3 aromatic rings. The minimum atomic E-state index is 0.998. The Kier molecular flexibility index (Phi) is 4.63. The van der Waals surface area contributed by atoms with Gasteiger partial charge in [0, 0.05) is 25.7 Å². The minimum Gasteiger partial charge on any atom is -0.370 e. The molecule has 2 heterocycles. The van der Waals surface area contributed by atoms with Crippen LogP contribution in [-0.4, -0.2) is 16.3 Å². The van der Waals surface area contributed by atoms with Crippen LogP contribution in [0.15, 0.2) is 53.0 Å². The number of halogens is 2. The topological polar surface area (TPSA) is 29.9 Å². The van der Waals surface area contributed by atoms with Crippen LogP contribution < -0.4 is 5.32 Å². The third kappa shape index (κ3) is 2.99. The molecule has 5 heteroatoms. The molecule has 1 aliphatic rings.